The van der Waals surface area contributed by atoms with Crippen LogP contribution >= 0.6 is 11.6 Å². The molecule has 0 aliphatic carbocycles. The van der Waals surface area contributed by atoms with Gasteiger partial charge >= 0.3 is 0 Å². The number of nitro groups is 1. The fraction of sp³-hybridized carbons (Fsp3) is 0. The average Bonchev–Trinajstić information content (AvgIpc) is 2.84. The SMILES string of the molecule is O=[N+]([O-])c1ccccc1-c1c(O)[nH]c(O)c1Nc1ccc([O-])c(Cl)c1. The monoisotopic (exact) mass is 360 g/mol. The number of H-pyrrole nitrogens is 1. The first kappa shape index (κ1) is 16.5. The van der Waals surface area contributed by atoms with Crippen LogP contribution in [-0.2, 0) is 0 Å². The van der Waals surface area contributed by atoms with E-state index >= 15 is 0 Å². The van der Waals surface area contributed by atoms with Crippen LogP contribution in [-0.4, -0.2) is 20.1 Å². The first-order valence-corrected chi connectivity index (χ1v) is 7.37. The Labute approximate surface area is 146 Å². The number of anilines is 2. The molecule has 0 fully saturated rings. The molecule has 0 unspecified atom stereocenters. The van der Waals surface area contributed by atoms with Crippen molar-refractivity contribution < 1.29 is 20.2 Å². The summed E-state index contributed by atoms with van der Waals surface area (Å²) in [7, 11) is 0. The Morgan fingerprint density at radius 2 is 1.84 bits per heavy atom. The summed E-state index contributed by atoms with van der Waals surface area (Å²) in [6.45, 7) is 0. The smallest absolute Gasteiger partial charge is 0.277 e. The van der Waals surface area contributed by atoms with Gasteiger partial charge in [0.05, 0.1) is 16.1 Å². The molecule has 0 saturated heterocycles. The van der Waals surface area contributed by atoms with Gasteiger partial charge in [-0.15, -0.1) is 0 Å². The van der Waals surface area contributed by atoms with Crippen LogP contribution in [0.4, 0.5) is 17.1 Å². The maximum atomic E-state index is 11.4. The van der Waals surface area contributed by atoms with Crippen molar-refractivity contribution in [2.75, 3.05) is 5.32 Å². The summed E-state index contributed by atoms with van der Waals surface area (Å²) in [4.78, 5) is 13.0. The van der Waals surface area contributed by atoms with Crippen molar-refractivity contribution in [3.05, 3.63) is 57.6 Å². The van der Waals surface area contributed by atoms with E-state index in [1.807, 2.05) is 0 Å². The van der Waals surface area contributed by atoms with Gasteiger partial charge < -0.3 is 20.6 Å². The van der Waals surface area contributed by atoms with Crippen molar-refractivity contribution in [1.82, 2.24) is 4.98 Å². The minimum Gasteiger partial charge on any atom is -0.871 e. The first-order valence-electron chi connectivity index (χ1n) is 6.99. The molecule has 1 heterocycles. The van der Waals surface area contributed by atoms with E-state index in [0.717, 1.165) is 0 Å². The third kappa shape index (κ3) is 3.02. The third-order valence-corrected chi connectivity index (χ3v) is 3.83. The maximum absolute atomic E-state index is 11.4. The molecule has 8 nitrogen and oxygen atoms in total. The molecule has 0 amide bonds. The number of hydrogen-bond acceptors (Lipinski definition) is 6. The van der Waals surface area contributed by atoms with Crippen LogP contribution in [0.1, 0.15) is 0 Å². The average molecular weight is 361 g/mol. The second-order valence-electron chi connectivity index (χ2n) is 5.12. The Kier molecular flexibility index (Phi) is 4.12. The second-order valence-corrected chi connectivity index (χ2v) is 5.52. The van der Waals surface area contributed by atoms with Gasteiger partial charge in [-0.05, 0) is 18.2 Å². The molecular formula is C16H11ClN3O5-. The number of para-hydroxylation sites is 1. The summed E-state index contributed by atoms with van der Waals surface area (Å²) >= 11 is 5.79. The van der Waals surface area contributed by atoms with Crippen LogP contribution in [0, 0.1) is 10.1 Å². The Bertz CT molecular complexity index is 970. The summed E-state index contributed by atoms with van der Waals surface area (Å²) in [5.74, 6) is -1.24. The molecule has 128 valence electrons. The lowest BCUT2D eigenvalue weighted by Crippen LogP contribution is -1.96. The van der Waals surface area contributed by atoms with Gasteiger partial charge in [0, 0.05) is 16.8 Å². The Morgan fingerprint density at radius 3 is 2.52 bits per heavy atom. The molecule has 0 aliphatic heterocycles. The van der Waals surface area contributed by atoms with E-state index < -0.39 is 16.7 Å². The highest BCUT2D eigenvalue weighted by molar-refractivity contribution is 6.32. The van der Waals surface area contributed by atoms with Gasteiger partial charge in [-0.25, -0.2) is 0 Å². The lowest BCUT2D eigenvalue weighted by atomic mass is 10.0. The fourth-order valence-electron chi connectivity index (χ4n) is 2.43. The molecule has 3 rings (SSSR count). The number of nitrogens with one attached hydrogen (secondary N) is 2. The van der Waals surface area contributed by atoms with Crippen molar-refractivity contribution >= 4 is 28.7 Å². The van der Waals surface area contributed by atoms with Crippen molar-refractivity contribution in [3.8, 4) is 28.6 Å². The van der Waals surface area contributed by atoms with Crippen LogP contribution in [0.5, 0.6) is 17.5 Å². The summed E-state index contributed by atoms with van der Waals surface area (Å²) in [6, 6.07) is 9.80. The second kappa shape index (κ2) is 6.25. The molecule has 0 atom stereocenters. The van der Waals surface area contributed by atoms with Crippen LogP contribution in [0.25, 0.3) is 11.1 Å². The van der Waals surface area contributed by atoms with E-state index in [4.69, 9.17) is 11.6 Å². The molecule has 9 heteroatoms. The molecular weight excluding hydrogens is 350 g/mol. The number of aromatic nitrogens is 1. The van der Waals surface area contributed by atoms with Crippen molar-refractivity contribution in [1.29, 1.82) is 0 Å². The number of nitro benzene ring substituents is 1. The minimum atomic E-state index is -0.592. The van der Waals surface area contributed by atoms with E-state index in [0.29, 0.717) is 5.69 Å². The van der Waals surface area contributed by atoms with E-state index in [-0.39, 0.29) is 33.3 Å². The Balaban J connectivity index is 2.14. The number of hydrogen-bond donors (Lipinski definition) is 4. The number of benzene rings is 2. The van der Waals surface area contributed by atoms with Gasteiger partial charge in [-0.2, -0.15) is 0 Å². The van der Waals surface area contributed by atoms with Crippen molar-refractivity contribution in [3.63, 3.8) is 0 Å². The number of nitrogens with zero attached hydrogens (tertiary/aromatic N) is 1. The molecule has 0 aliphatic rings. The predicted octanol–water partition coefficient (Wildman–Crippen LogP) is 3.47. The molecule has 1 aromatic heterocycles. The van der Waals surface area contributed by atoms with Gasteiger partial charge in [0.25, 0.3) is 5.69 Å². The highest BCUT2D eigenvalue weighted by Crippen LogP contribution is 2.46. The van der Waals surface area contributed by atoms with Gasteiger partial charge in [0.15, 0.2) is 0 Å². The zero-order valence-electron chi connectivity index (χ0n) is 12.5. The Hall–Kier alpha value is -3.39. The van der Waals surface area contributed by atoms with Crippen molar-refractivity contribution in [2.45, 2.75) is 0 Å². The molecule has 4 N–H and O–H groups in total. The van der Waals surface area contributed by atoms with Gasteiger partial charge in [-0.3, -0.25) is 15.1 Å². The molecule has 25 heavy (non-hydrogen) atoms. The van der Waals surface area contributed by atoms with Crippen molar-refractivity contribution in [2.24, 2.45) is 0 Å². The van der Waals surface area contributed by atoms with E-state index in [1.54, 1.807) is 6.07 Å². The van der Waals surface area contributed by atoms with Gasteiger partial charge in [0.2, 0.25) is 11.8 Å². The first-order chi connectivity index (χ1) is 11.9. The van der Waals surface area contributed by atoms with Crippen LogP contribution in [0.3, 0.4) is 0 Å². The highest BCUT2D eigenvalue weighted by atomic mass is 35.5. The van der Waals surface area contributed by atoms with Gasteiger partial charge in [-0.1, -0.05) is 35.5 Å². The molecule has 0 bridgehead atoms. The summed E-state index contributed by atoms with van der Waals surface area (Å²) < 4.78 is 0. The zero-order chi connectivity index (χ0) is 18.1. The summed E-state index contributed by atoms with van der Waals surface area (Å²) in [5.41, 5.74) is 0.260. The quantitative estimate of drug-likeness (QED) is 0.415. The van der Waals surface area contributed by atoms with Crippen LogP contribution in [0.15, 0.2) is 42.5 Å². The fourth-order valence-corrected chi connectivity index (χ4v) is 2.61. The normalized spacial score (nSPS) is 10.6. The topological polar surface area (TPSA) is 134 Å². The standard InChI is InChI=1S/C16H12ClN3O5/c17-10-7-8(5-6-12(10)21)18-14-13(15(22)19-16(14)23)9-3-1-2-4-11(9)20(24)25/h1-7,18-19,21-23H/p-1. The van der Waals surface area contributed by atoms with E-state index in [9.17, 15) is 25.4 Å². The zero-order valence-corrected chi connectivity index (χ0v) is 13.2. The van der Waals surface area contributed by atoms with Crippen LogP contribution < -0.4 is 10.4 Å². The summed E-state index contributed by atoms with van der Waals surface area (Å²) in [6.07, 6.45) is 0. The minimum absolute atomic E-state index is 0.0153. The number of halogens is 1. The largest absolute Gasteiger partial charge is 0.871 e. The third-order valence-electron chi connectivity index (χ3n) is 3.53. The number of aromatic amines is 1. The molecule has 3 aromatic rings. The van der Waals surface area contributed by atoms with Gasteiger partial charge in [0.1, 0.15) is 5.69 Å². The molecule has 0 spiro atoms. The number of aromatic hydroxyl groups is 2. The lowest BCUT2D eigenvalue weighted by molar-refractivity contribution is -0.384. The van der Waals surface area contributed by atoms with E-state index in [1.165, 1.54) is 36.4 Å². The molecule has 2 aromatic carbocycles. The molecule has 0 saturated carbocycles. The highest BCUT2D eigenvalue weighted by Gasteiger charge is 2.25. The lowest BCUT2D eigenvalue weighted by Gasteiger charge is -2.12. The van der Waals surface area contributed by atoms with Crippen LogP contribution in [0.2, 0.25) is 5.02 Å². The number of rotatable bonds is 4. The van der Waals surface area contributed by atoms with E-state index in [2.05, 4.69) is 10.3 Å². The Morgan fingerprint density at radius 1 is 1.12 bits per heavy atom. The maximum Gasteiger partial charge on any atom is 0.277 e. The summed E-state index contributed by atoms with van der Waals surface area (Å²) in [5, 5.41) is 45.5. The predicted molar refractivity (Wildman–Crippen MR) is 90.4 cm³/mol. The molecule has 0 radical (unpaired) electrons.